The maximum absolute atomic E-state index is 13.1. The number of alkyl halides is 2. The van der Waals surface area contributed by atoms with Gasteiger partial charge in [-0.2, -0.15) is 0 Å². The van der Waals surface area contributed by atoms with Gasteiger partial charge in [-0.3, -0.25) is 0 Å². The lowest BCUT2D eigenvalue weighted by Gasteiger charge is -2.39. The summed E-state index contributed by atoms with van der Waals surface area (Å²) in [6, 6.07) is 10.7. The van der Waals surface area contributed by atoms with Gasteiger partial charge in [0.2, 0.25) is 0 Å². The molecule has 3 heterocycles. The number of anilines is 1. The predicted molar refractivity (Wildman–Crippen MR) is 113 cm³/mol. The number of aromatic nitrogens is 1. The second-order valence-electron chi connectivity index (χ2n) is 8.09. The van der Waals surface area contributed by atoms with Gasteiger partial charge in [0, 0.05) is 19.3 Å². The van der Waals surface area contributed by atoms with E-state index in [1.165, 1.54) is 11.1 Å². The van der Waals surface area contributed by atoms with Crippen LogP contribution in [0.1, 0.15) is 11.1 Å². The number of rotatable bonds is 7. The SMILES string of the molecule is COc1ccc(C[C@H]2NC[C@H](O)[C@H]2OC(=O)NCc2ccnc(N3CC(F)(F)C3)c2)cc1. The van der Waals surface area contributed by atoms with E-state index in [0.29, 0.717) is 24.3 Å². The van der Waals surface area contributed by atoms with Crippen molar-refractivity contribution < 1.29 is 28.2 Å². The van der Waals surface area contributed by atoms with Crippen LogP contribution in [0.2, 0.25) is 0 Å². The molecule has 2 aromatic rings. The molecular formula is C22H26F2N4O4. The number of amides is 1. The molecular weight excluding hydrogens is 422 g/mol. The first kappa shape index (κ1) is 22.2. The quantitative estimate of drug-likeness (QED) is 0.594. The third-order valence-electron chi connectivity index (χ3n) is 5.64. The monoisotopic (exact) mass is 448 g/mol. The Morgan fingerprint density at radius 3 is 2.72 bits per heavy atom. The molecule has 0 radical (unpaired) electrons. The van der Waals surface area contributed by atoms with Crippen LogP contribution in [0.15, 0.2) is 42.6 Å². The fraction of sp³-hybridized carbons (Fsp3) is 0.455. The summed E-state index contributed by atoms with van der Waals surface area (Å²) in [4.78, 5) is 17.9. The maximum Gasteiger partial charge on any atom is 0.407 e. The van der Waals surface area contributed by atoms with E-state index in [1.807, 2.05) is 24.3 Å². The summed E-state index contributed by atoms with van der Waals surface area (Å²) in [6.07, 6.45) is -0.0824. The molecule has 1 aromatic heterocycles. The summed E-state index contributed by atoms with van der Waals surface area (Å²) in [5, 5.41) is 16.1. The van der Waals surface area contributed by atoms with Crippen LogP contribution < -0.4 is 20.3 Å². The zero-order chi connectivity index (χ0) is 22.7. The van der Waals surface area contributed by atoms with Crippen LogP contribution in [0.25, 0.3) is 0 Å². The Bertz CT molecular complexity index is 936. The van der Waals surface area contributed by atoms with E-state index in [4.69, 9.17) is 9.47 Å². The molecule has 0 spiro atoms. The van der Waals surface area contributed by atoms with Crippen LogP contribution in [-0.4, -0.2) is 67.1 Å². The number of hydrogen-bond acceptors (Lipinski definition) is 7. The van der Waals surface area contributed by atoms with Crippen molar-refractivity contribution in [2.24, 2.45) is 0 Å². The molecule has 1 amide bonds. The van der Waals surface area contributed by atoms with E-state index in [2.05, 4.69) is 15.6 Å². The first-order valence-electron chi connectivity index (χ1n) is 10.4. The lowest BCUT2D eigenvalue weighted by Crippen LogP contribution is -2.56. The summed E-state index contributed by atoms with van der Waals surface area (Å²) in [7, 11) is 1.60. The van der Waals surface area contributed by atoms with Crippen molar-refractivity contribution in [2.75, 3.05) is 31.6 Å². The highest BCUT2D eigenvalue weighted by atomic mass is 19.3. The number of hydrogen-bond donors (Lipinski definition) is 3. The largest absolute Gasteiger partial charge is 0.497 e. The van der Waals surface area contributed by atoms with Crippen molar-refractivity contribution in [3.8, 4) is 5.75 Å². The van der Waals surface area contributed by atoms with Gasteiger partial charge in [-0.1, -0.05) is 12.1 Å². The van der Waals surface area contributed by atoms with Crippen molar-refractivity contribution in [1.82, 2.24) is 15.6 Å². The van der Waals surface area contributed by atoms with Crippen molar-refractivity contribution in [2.45, 2.75) is 37.1 Å². The van der Waals surface area contributed by atoms with E-state index in [0.717, 1.165) is 11.3 Å². The van der Waals surface area contributed by atoms with Gasteiger partial charge >= 0.3 is 6.09 Å². The Hall–Kier alpha value is -2.98. The molecule has 2 saturated heterocycles. The number of methoxy groups -OCH3 is 1. The van der Waals surface area contributed by atoms with E-state index in [1.54, 1.807) is 19.2 Å². The number of nitrogens with zero attached hydrogens (tertiary/aromatic N) is 2. The predicted octanol–water partition coefficient (Wildman–Crippen LogP) is 1.72. The summed E-state index contributed by atoms with van der Waals surface area (Å²) < 4.78 is 36.8. The van der Waals surface area contributed by atoms with Crippen molar-refractivity contribution in [1.29, 1.82) is 0 Å². The number of carbonyl (C=O) groups excluding carboxylic acids is 1. The number of ether oxygens (including phenoxy) is 2. The van der Waals surface area contributed by atoms with Gasteiger partial charge in [0.05, 0.1) is 26.2 Å². The molecule has 2 fully saturated rings. The second-order valence-corrected chi connectivity index (χ2v) is 8.09. The van der Waals surface area contributed by atoms with Crippen LogP contribution in [0.5, 0.6) is 5.75 Å². The zero-order valence-electron chi connectivity index (χ0n) is 17.6. The molecule has 3 N–H and O–H groups in total. The number of halogens is 2. The van der Waals surface area contributed by atoms with Gasteiger partial charge in [0.15, 0.2) is 0 Å². The molecule has 10 heteroatoms. The third-order valence-corrected chi connectivity index (χ3v) is 5.64. The minimum atomic E-state index is -2.68. The van der Waals surface area contributed by atoms with Gasteiger partial charge in [0.25, 0.3) is 5.92 Å². The standard InChI is InChI=1S/C22H26F2N4O4/c1-31-16-4-2-14(3-5-16)8-17-20(18(29)11-26-17)32-21(30)27-10-15-6-7-25-19(9-15)28-12-22(23,24)13-28/h2-7,9,17-18,20,26,29H,8,10-13H2,1H3,(H,27,30)/t17-,18+,20+/m1/s1. The van der Waals surface area contributed by atoms with Crippen LogP contribution >= 0.6 is 0 Å². The third kappa shape index (κ3) is 5.25. The minimum Gasteiger partial charge on any atom is -0.497 e. The molecule has 172 valence electrons. The van der Waals surface area contributed by atoms with E-state index >= 15 is 0 Å². The van der Waals surface area contributed by atoms with Crippen LogP contribution in [0.3, 0.4) is 0 Å². The average Bonchev–Trinajstić information content (AvgIpc) is 3.10. The summed E-state index contributed by atoms with van der Waals surface area (Å²) in [5.41, 5.74) is 1.73. The average molecular weight is 448 g/mol. The van der Waals surface area contributed by atoms with Crippen molar-refractivity contribution in [3.05, 3.63) is 53.7 Å². The Kier molecular flexibility index (Phi) is 6.43. The molecule has 0 aliphatic carbocycles. The van der Waals surface area contributed by atoms with Gasteiger partial charge in [-0.25, -0.2) is 18.6 Å². The first-order valence-corrected chi connectivity index (χ1v) is 10.4. The van der Waals surface area contributed by atoms with Crippen LogP contribution in [0.4, 0.5) is 19.4 Å². The van der Waals surface area contributed by atoms with Gasteiger partial charge in [-0.05, 0) is 41.8 Å². The molecule has 3 atom stereocenters. The van der Waals surface area contributed by atoms with Gasteiger partial charge in [-0.15, -0.1) is 0 Å². The topological polar surface area (TPSA) is 95.9 Å². The summed E-state index contributed by atoms with van der Waals surface area (Å²) >= 11 is 0. The molecule has 1 aromatic carbocycles. The van der Waals surface area contributed by atoms with Crippen LogP contribution in [-0.2, 0) is 17.7 Å². The van der Waals surface area contributed by atoms with Gasteiger partial charge in [0.1, 0.15) is 23.8 Å². The Labute approximate surface area is 184 Å². The minimum absolute atomic E-state index is 0.151. The normalized spacial score (nSPS) is 24.0. The molecule has 2 aliphatic rings. The van der Waals surface area contributed by atoms with E-state index in [9.17, 15) is 18.7 Å². The van der Waals surface area contributed by atoms with E-state index in [-0.39, 0.29) is 25.7 Å². The molecule has 2 aliphatic heterocycles. The number of β-amino-alcohol motifs (C(OH)–C–C–N with tert-alkyl or cyclic N) is 1. The first-order chi connectivity index (χ1) is 15.3. The highest BCUT2D eigenvalue weighted by Crippen LogP contribution is 2.30. The number of nitrogens with one attached hydrogen (secondary N) is 2. The second kappa shape index (κ2) is 9.25. The number of benzene rings is 1. The number of carbonyl (C=O) groups is 1. The summed E-state index contributed by atoms with van der Waals surface area (Å²) in [6.45, 7) is -0.243. The Morgan fingerprint density at radius 2 is 2.03 bits per heavy atom. The van der Waals surface area contributed by atoms with Crippen molar-refractivity contribution >= 4 is 11.9 Å². The zero-order valence-corrected chi connectivity index (χ0v) is 17.6. The number of aliphatic hydroxyl groups is 1. The van der Waals surface area contributed by atoms with Gasteiger partial charge < -0.3 is 30.1 Å². The molecule has 8 nitrogen and oxygen atoms in total. The van der Waals surface area contributed by atoms with E-state index < -0.39 is 24.2 Å². The maximum atomic E-state index is 13.1. The Morgan fingerprint density at radius 1 is 1.28 bits per heavy atom. The highest BCUT2D eigenvalue weighted by molar-refractivity contribution is 5.67. The number of alkyl carbamates (subject to hydrolysis) is 1. The van der Waals surface area contributed by atoms with Crippen LogP contribution in [0, 0.1) is 0 Å². The lowest BCUT2D eigenvalue weighted by atomic mass is 10.0. The number of pyridine rings is 1. The molecule has 32 heavy (non-hydrogen) atoms. The molecule has 0 unspecified atom stereocenters. The Balaban J connectivity index is 1.29. The smallest absolute Gasteiger partial charge is 0.407 e. The molecule has 4 rings (SSSR count). The van der Waals surface area contributed by atoms with Crippen molar-refractivity contribution in [3.63, 3.8) is 0 Å². The fourth-order valence-corrected chi connectivity index (χ4v) is 3.89. The molecule has 0 bridgehead atoms. The lowest BCUT2D eigenvalue weighted by molar-refractivity contribution is -0.0267. The fourth-order valence-electron chi connectivity index (χ4n) is 3.89. The highest BCUT2D eigenvalue weighted by Gasteiger charge is 2.44. The number of aliphatic hydroxyl groups excluding tert-OH is 1. The summed E-state index contributed by atoms with van der Waals surface area (Å²) in [5.74, 6) is -1.49. The molecule has 0 saturated carbocycles.